The standard InChI is InChI=1S/C9H16N2O6S/c1-18(16,17)11-4-2-3-7(11)8(13)10-6(5-12)9(14)15/h6-7,12H,2-5H2,1H3,(H,10,13)(H,14,15). The Bertz CT molecular complexity index is 434. The van der Waals surface area contributed by atoms with Crippen molar-refractivity contribution in [2.24, 2.45) is 0 Å². The van der Waals surface area contributed by atoms with Gasteiger partial charge in [-0.1, -0.05) is 0 Å². The molecule has 0 spiro atoms. The van der Waals surface area contributed by atoms with Crippen LogP contribution in [0.4, 0.5) is 0 Å². The number of carboxylic acid groups (broad SMARTS) is 1. The van der Waals surface area contributed by atoms with Crippen LogP contribution in [-0.2, 0) is 19.6 Å². The van der Waals surface area contributed by atoms with Gasteiger partial charge in [-0.2, -0.15) is 4.31 Å². The zero-order valence-electron chi connectivity index (χ0n) is 9.87. The van der Waals surface area contributed by atoms with Crippen molar-refractivity contribution < 1.29 is 28.2 Å². The molecule has 0 aromatic rings. The molecule has 1 heterocycles. The summed E-state index contributed by atoms with van der Waals surface area (Å²) in [5, 5.41) is 19.6. The van der Waals surface area contributed by atoms with E-state index in [-0.39, 0.29) is 6.54 Å². The summed E-state index contributed by atoms with van der Waals surface area (Å²) in [4.78, 5) is 22.4. The van der Waals surface area contributed by atoms with Crippen molar-refractivity contribution in [1.82, 2.24) is 9.62 Å². The lowest BCUT2D eigenvalue weighted by atomic mass is 10.2. The van der Waals surface area contributed by atoms with Gasteiger partial charge in [-0.3, -0.25) is 4.79 Å². The van der Waals surface area contributed by atoms with Gasteiger partial charge >= 0.3 is 5.97 Å². The molecule has 2 atom stereocenters. The van der Waals surface area contributed by atoms with Crippen molar-refractivity contribution in [2.75, 3.05) is 19.4 Å². The molecule has 0 aliphatic carbocycles. The number of aliphatic carboxylic acids is 1. The minimum absolute atomic E-state index is 0.244. The zero-order chi connectivity index (χ0) is 13.9. The summed E-state index contributed by atoms with van der Waals surface area (Å²) >= 11 is 0. The van der Waals surface area contributed by atoms with Crippen LogP contribution in [0.3, 0.4) is 0 Å². The highest BCUT2D eigenvalue weighted by Gasteiger charge is 2.37. The summed E-state index contributed by atoms with van der Waals surface area (Å²) in [6, 6.07) is -2.31. The Morgan fingerprint density at radius 3 is 2.56 bits per heavy atom. The van der Waals surface area contributed by atoms with E-state index in [1.165, 1.54) is 0 Å². The first kappa shape index (κ1) is 14.9. The van der Waals surface area contributed by atoms with Crippen LogP contribution in [0.2, 0.25) is 0 Å². The Hall–Kier alpha value is -1.19. The van der Waals surface area contributed by atoms with Gasteiger partial charge in [0.15, 0.2) is 0 Å². The average molecular weight is 280 g/mol. The van der Waals surface area contributed by atoms with Crippen LogP contribution < -0.4 is 5.32 Å². The molecule has 1 aliphatic heterocycles. The molecule has 0 saturated carbocycles. The van der Waals surface area contributed by atoms with Gasteiger partial charge in [-0.25, -0.2) is 13.2 Å². The second-order valence-corrected chi connectivity index (χ2v) is 6.05. The van der Waals surface area contributed by atoms with Crippen LogP contribution in [0.1, 0.15) is 12.8 Å². The van der Waals surface area contributed by atoms with Crippen LogP contribution in [0.15, 0.2) is 0 Å². The monoisotopic (exact) mass is 280 g/mol. The van der Waals surface area contributed by atoms with E-state index in [1.807, 2.05) is 0 Å². The maximum Gasteiger partial charge on any atom is 0.328 e. The molecule has 0 aromatic carbocycles. The quantitative estimate of drug-likeness (QED) is 0.533. The molecule has 0 radical (unpaired) electrons. The number of hydrogen-bond acceptors (Lipinski definition) is 5. The second-order valence-electron chi connectivity index (χ2n) is 4.11. The average Bonchev–Trinajstić information content (AvgIpc) is 2.73. The number of rotatable bonds is 5. The SMILES string of the molecule is CS(=O)(=O)N1CCCC1C(=O)NC(CO)C(=O)O. The number of sulfonamides is 1. The summed E-state index contributed by atoms with van der Waals surface area (Å²) in [5.74, 6) is -2.06. The molecule has 1 amide bonds. The van der Waals surface area contributed by atoms with E-state index in [4.69, 9.17) is 10.2 Å². The predicted molar refractivity (Wildman–Crippen MR) is 61.2 cm³/mol. The van der Waals surface area contributed by atoms with Crippen LogP contribution in [0.5, 0.6) is 0 Å². The minimum atomic E-state index is -3.50. The van der Waals surface area contributed by atoms with Crippen molar-refractivity contribution in [2.45, 2.75) is 24.9 Å². The lowest BCUT2D eigenvalue weighted by Crippen LogP contribution is -2.51. The molecule has 18 heavy (non-hydrogen) atoms. The van der Waals surface area contributed by atoms with Crippen molar-refractivity contribution in [1.29, 1.82) is 0 Å². The van der Waals surface area contributed by atoms with E-state index in [2.05, 4.69) is 5.32 Å². The summed E-state index contributed by atoms with van der Waals surface area (Å²) in [6.45, 7) is -0.500. The number of carboxylic acids is 1. The van der Waals surface area contributed by atoms with Gasteiger partial charge in [-0.15, -0.1) is 0 Å². The first-order valence-electron chi connectivity index (χ1n) is 5.38. The van der Waals surface area contributed by atoms with Gasteiger partial charge in [-0.05, 0) is 12.8 Å². The number of aliphatic hydroxyl groups is 1. The molecule has 8 nitrogen and oxygen atoms in total. The molecule has 1 saturated heterocycles. The maximum absolute atomic E-state index is 11.8. The summed E-state index contributed by atoms with van der Waals surface area (Å²) in [5.41, 5.74) is 0. The first-order valence-corrected chi connectivity index (χ1v) is 7.23. The highest BCUT2D eigenvalue weighted by Crippen LogP contribution is 2.20. The highest BCUT2D eigenvalue weighted by atomic mass is 32.2. The molecular weight excluding hydrogens is 264 g/mol. The smallest absolute Gasteiger partial charge is 0.328 e. The summed E-state index contributed by atoms with van der Waals surface area (Å²) < 4.78 is 23.9. The number of hydrogen-bond donors (Lipinski definition) is 3. The van der Waals surface area contributed by atoms with Gasteiger partial charge in [0.1, 0.15) is 12.1 Å². The van der Waals surface area contributed by atoms with Crippen LogP contribution in [0, 0.1) is 0 Å². The number of carbonyl (C=O) groups excluding carboxylic acids is 1. The number of amides is 1. The van der Waals surface area contributed by atoms with Crippen molar-refractivity contribution in [3.63, 3.8) is 0 Å². The summed E-state index contributed by atoms with van der Waals surface area (Å²) in [6.07, 6.45) is 1.89. The number of nitrogens with one attached hydrogen (secondary N) is 1. The molecule has 0 aromatic heterocycles. The lowest BCUT2D eigenvalue weighted by Gasteiger charge is -2.22. The maximum atomic E-state index is 11.8. The first-order chi connectivity index (χ1) is 8.27. The number of nitrogens with zero attached hydrogens (tertiary/aromatic N) is 1. The van der Waals surface area contributed by atoms with E-state index in [0.29, 0.717) is 12.8 Å². The van der Waals surface area contributed by atoms with Crippen molar-refractivity contribution in [3.8, 4) is 0 Å². The van der Waals surface area contributed by atoms with E-state index in [9.17, 15) is 18.0 Å². The predicted octanol–water partition coefficient (Wildman–Crippen LogP) is -2.03. The molecule has 1 rings (SSSR count). The molecule has 1 aliphatic rings. The van der Waals surface area contributed by atoms with E-state index >= 15 is 0 Å². The fraction of sp³-hybridized carbons (Fsp3) is 0.778. The van der Waals surface area contributed by atoms with Crippen molar-refractivity contribution >= 4 is 21.9 Å². The Kier molecular flexibility index (Phi) is 4.65. The Balaban J connectivity index is 2.75. The number of aliphatic hydroxyl groups excluding tert-OH is 1. The molecule has 104 valence electrons. The Morgan fingerprint density at radius 2 is 2.11 bits per heavy atom. The van der Waals surface area contributed by atoms with Gasteiger partial charge < -0.3 is 15.5 Å². The van der Waals surface area contributed by atoms with Crippen LogP contribution in [-0.4, -0.2) is 66.3 Å². The van der Waals surface area contributed by atoms with E-state index in [0.717, 1.165) is 10.6 Å². The lowest BCUT2D eigenvalue weighted by molar-refractivity contribution is -0.143. The molecule has 3 N–H and O–H groups in total. The Labute approximate surface area is 105 Å². The van der Waals surface area contributed by atoms with Crippen LogP contribution >= 0.6 is 0 Å². The molecule has 2 unspecified atom stereocenters. The highest BCUT2D eigenvalue weighted by molar-refractivity contribution is 7.88. The Morgan fingerprint density at radius 1 is 1.50 bits per heavy atom. The minimum Gasteiger partial charge on any atom is -0.480 e. The largest absolute Gasteiger partial charge is 0.480 e. The third-order valence-corrected chi connectivity index (χ3v) is 4.02. The molecule has 0 bridgehead atoms. The van der Waals surface area contributed by atoms with Crippen LogP contribution in [0.25, 0.3) is 0 Å². The second kappa shape index (κ2) is 5.63. The van der Waals surface area contributed by atoms with Gasteiger partial charge in [0.25, 0.3) is 0 Å². The zero-order valence-corrected chi connectivity index (χ0v) is 10.7. The van der Waals surface area contributed by atoms with Crippen molar-refractivity contribution in [3.05, 3.63) is 0 Å². The molecule has 1 fully saturated rings. The fourth-order valence-corrected chi connectivity index (χ4v) is 2.98. The normalized spacial score (nSPS) is 22.7. The fourth-order valence-electron chi connectivity index (χ4n) is 1.85. The summed E-state index contributed by atoms with van der Waals surface area (Å²) in [7, 11) is -3.50. The van der Waals surface area contributed by atoms with Gasteiger partial charge in [0.2, 0.25) is 15.9 Å². The van der Waals surface area contributed by atoms with E-state index < -0.39 is 40.6 Å². The molecule has 9 heteroatoms. The third kappa shape index (κ3) is 3.40. The number of carbonyl (C=O) groups is 2. The van der Waals surface area contributed by atoms with Gasteiger partial charge in [0.05, 0.1) is 12.9 Å². The van der Waals surface area contributed by atoms with E-state index in [1.54, 1.807) is 0 Å². The topological polar surface area (TPSA) is 124 Å². The van der Waals surface area contributed by atoms with Gasteiger partial charge in [0, 0.05) is 6.54 Å². The molecular formula is C9H16N2O6S. The third-order valence-electron chi connectivity index (χ3n) is 2.73.